The maximum absolute atomic E-state index is 12.6. The van der Waals surface area contributed by atoms with Crippen molar-refractivity contribution in [1.29, 1.82) is 0 Å². The van der Waals surface area contributed by atoms with Gasteiger partial charge in [0.05, 0.1) is 0 Å². The molecule has 5 aromatic rings. The molecule has 37 heavy (non-hydrogen) atoms. The molecule has 2 N–H and O–H groups in total. The van der Waals surface area contributed by atoms with Crippen molar-refractivity contribution in [3.8, 4) is 11.1 Å². The van der Waals surface area contributed by atoms with Crippen LogP contribution in [0.1, 0.15) is 22.3 Å². The molecule has 4 heteroatoms. The molecule has 5 aromatic carbocycles. The molecule has 0 aliphatic heterocycles. The van der Waals surface area contributed by atoms with Crippen molar-refractivity contribution in [2.24, 2.45) is 0 Å². The number of benzene rings is 5. The third-order valence-corrected chi connectivity index (χ3v) is 6.34. The summed E-state index contributed by atoms with van der Waals surface area (Å²) >= 11 is 0. The van der Waals surface area contributed by atoms with E-state index in [1.807, 2.05) is 140 Å². The van der Waals surface area contributed by atoms with E-state index >= 15 is 0 Å². The molecule has 0 aliphatic rings. The number of ether oxygens (including phenoxy) is 1. The molecule has 5 rings (SSSR count). The highest BCUT2D eigenvalue weighted by molar-refractivity contribution is 5.86. The number of hydrogen-bond donors (Lipinski definition) is 2. The summed E-state index contributed by atoms with van der Waals surface area (Å²) in [5.41, 5.74) is 3.87. The SMILES string of the molecule is O=C(Nc1ccc(-c2ccccc2)c(C(O)(c2ccccc2)c2ccccc2)c1)OCc1ccccc1. The number of nitrogens with one attached hydrogen (secondary N) is 1. The van der Waals surface area contributed by atoms with Crippen LogP contribution in [-0.2, 0) is 16.9 Å². The van der Waals surface area contributed by atoms with Crippen LogP contribution in [0.25, 0.3) is 11.1 Å². The summed E-state index contributed by atoms with van der Waals surface area (Å²) in [6.45, 7) is 0.166. The zero-order valence-electron chi connectivity index (χ0n) is 20.2. The topological polar surface area (TPSA) is 58.6 Å². The second-order valence-electron chi connectivity index (χ2n) is 8.76. The van der Waals surface area contributed by atoms with Gasteiger partial charge in [-0.15, -0.1) is 0 Å². The maximum Gasteiger partial charge on any atom is 0.411 e. The normalized spacial score (nSPS) is 11.1. The van der Waals surface area contributed by atoms with Gasteiger partial charge in [0.25, 0.3) is 0 Å². The molecule has 0 bridgehead atoms. The first-order valence-electron chi connectivity index (χ1n) is 12.2. The molecule has 0 spiro atoms. The van der Waals surface area contributed by atoms with Crippen LogP contribution in [0.3, 0.4) is 0 Å². The monoisotopic (exact) mass is 485 g/mol. The fourth-order valence-corrected chi connectivity index (χ4v) is 4.50. The Morgan fingerprint density at radius 2 is 1.19 bits per heavy atom. The number of aliphatic hydroxyl groups is 1. The van der Waals surface area contributed by atoms with Crippen molar-refractivity contribution in [3.63, 3.8) is 0 Å². The van der Waals surface area contributed by atoms with E-state index in [1.165, 1.54) is 0 Å². The number of rotatable bonds is 7. The lowest BCUT2D eigenvalue weighted by Crippen LogP contribution is -2.30. The van der Waals surface area contributed by atoms with Crippen LogP contribution in [0.5, 0.6) is 0 Å². The van der Waals surface area contributed by atoms with Gasteiger partial charge >= 0.3 is 6.09 Å². The molecule has 0 heterocycles. The Morgan fingerprint density at radius 1 is 0.676 bits per heavy atom. The van der Waals surface area contributed by atoms with Crippen molar-refractivity contribution in [2.45, 2.75) is 12.2 Å². The average Bonchev–Trinajstić information content (AvgIpc) is 2.97. The van der Waals surface area contributed by atoms with E-state index in [0.29, 0.717) is 11.3 Å². The molecule has 0 unspecified atom stereocenters. The van der Waals surface area contributed by atoms with Gasteiger partial charge in [0.1, 0.15) is 12.2 Å². The number of anilines is 1. The molecular formula is C33H27NO3. The third-order valence-electron chi connectivity index (χ3n) is 6.34. The van der Waals surface area contributed by atoms with E-state index in [-0.39, 0.29) is 6.61 Å². The average molecular weight is 486 g/mol. The molecule has 0 saturated carbocycles. The first-order chi connectivity index (χ1) is 18.1. The predicted octanol–water partition coefficient (Wildman–Crippen LogP) is 7.39. The third kappa shape index (κ3) is 5.30. The second kappa shape index (κ2) is 10.9. The van der Waals surface area contributed by atoms with Gasteiger partial charge in [0.2, 0.25) is 0 Å². The minimum Gasteiger partial charge on any atom is -0.444 e. The van der Waals surface area contributed by atoms with Crippen LogP contribution in [0.15, 0.2) is 140 Å². The second-order valence-corrected chi connectivity index (χ2v) is 8.76. The smallest absolute Gasteiger partial charge is 0.411 e. The van der Waals surface area contributed by atoms with E-state index < -0.39 is 11.7 Å². The van der Waals surface area contributed by atoms with E-state index in [2.05, 4.69) is 5.32 Å². The lowest BCUT2D eigenvalue weighted by atomic mass is 9.77. The molecule has 182 valence electrons. The largest absolute Gasteiger partial charge is 0.444 e. The summed E-state index contributed by atoms with van der Waals surface area (Å²) in [5, 5.41) is 15.4. The lowest BCUT2D eigenvalue weighted by Gasteiger charge is -2.32. The van der Waals surface area contributed by atoms with Gasteiger partial charge in [-0.3, -0.25) is 5.32 Å². The maximum atomic E-state index is 12.6. The summed E-state index contributed by atoms with van der Waals surface area (Å²) in [6, 6.07) is 44.2. The predicted molar refractivity (Wildman–Crippen MR) is 147 cm³/mol. The zero-order chi connectivity index (χ0) is 25.5. The van der Waals surface area contributed by atoms with Crippen LogP contribution in [-0.4, -0.2) is 11.2 Å². The molecule has 0 aliphatic carbocycles. The summed E-state index contributed by atoms with van der Waals surface area (Å²) in [4.78, 5) is 12.6. The van der Waals surface area contributed by atoms with Crippen LogP contribution in [0, 0.1) is 0 Å². The molecule has 4 nitrogen and oxygen atoms in total. The quantitative estimate of drug-likeness (QED) is 0.236. The molecule has 0 radical (unpaired) electrons. The summed E-state index contributed by atoms with van der Waals surface area (Å²) < 4.78 is 5.43. The fraction of sp³-hybridized carbons (Fsp3) is 0.0606. The van der Waals surface area contributed by atoms with E-state index in [4.69, 9.17) is 4.74 Å². The highest BCUT2D eigenvalue weighted by Crippen LogP contribution is 2.42. The first-order valence-corrected chi connectivity index (χ1v) is 12.2. The first kappa shape index (κ1) is 24.0. The standard InChI is InChI=1S/C33H27NO3/c35-32(37-24-25-13-5-1-6-14-25)34-29-21-22-30(26-15-7-2-8-16-26)31(23-29)33(36,27-17-9-3-10-18-27)28-19-11-4-12-20-28/h1-23,36H,24H2,(H,34,35). The Labute approximate surface area is 216 Å². The van der Waals surface area contributed by atoms with Gasteiger partial charge in [-0.2, -0.15) is 0 Å². The fourth-order valence-electron chi connectivity index (χ4n) is 4.50. The Morgan fingerprint density at radius 3 is 1.76 bits per heavy atom. The lowest BCUT2D eigenvalue weighted by molar-refractivity contribution is 0.126. The molecule has 0 saturated heterocycles. The Hall–Kier alpha value is -4.67. The molecule has 0 aromatic heterocycles. The van der Waals surface area contributed by atoms with E-state index in [0.717, 1.165) is 27.8 Å². The number of amides is 1. The van der Waals surface area contributed by atoms with Crippen molar-refractivity contribution < 1.29 is 14.6 Å². The molecule has 1 amide bonds. The molecule has 0 fully saturated rings. The van der Waals surface area contributed by atoms with Gasteiger partial charge in [0, 0.05) is 11.3 Å². The number of carbonyl (C=O) groups excluding carboxylic acids is 1. The zero-order valence-corrected chi connectivity index (χ0v) is 20.2. The highest BCUT2D eigenvalue weighted by Gasteiger charge is 2.36. The van der Waals surface area contributed by atoms with Gasteiger partial charge in [-0.1, -0.05) is 127 Å². The van der Waals surface area contributed by atoms with E-state index in [1.54, 1.807) is 0 Å². The van der Waals surface area contributed by atoms with Crippen molar-refractivity contribution in [2.75, 3.05) is 5.32 Å². The van der Waals surface area contributed by atoms with Gasteiger partial charge < -0.3 is 9.84 Å². The van der Waals surface area contributed by atoms with Crippen molar-refractivity contribution >= 4 is 11.8 Å². The Bertz CT molecular complexity index is 1410. The van der Waals surface area contributed by atoms with Crippen molar-refractivity contribution in [1.82, 2.24) is 0 Å². The number of hydrogen-bond acceptors (Lipinski definition) is 3. The summed E-state index contributed by atoms with van der Waals surface area (Å²) in [7, 11) is 0. The molecular weight excluding hydrogens is 458 g/mol. The molecule has 0 atom stereocenters. The Balaban J connectivity index is 1.58. The summed E-state index contributed by atoms with van der Waals surface area (Å²) in [5.74, 6) is 0. The van der Waals surface area contributed by atoms with Gasteiger partial charge in [-0.05, 0) is 39.9 Å². The van der Waals surface area contributed by atoms with Crippen molar-refractivity contribution in [3.05, 3.63) is 162 Å². The highest BCUT2D eigenvalue weighted by atomic mass is 16.5. The summed E-state index contributed by atoms with van der Waals surface area (Å²) in [6.07, 6.45) is -0.565. The van der Waals surface area contributed by atoms with Crippen LogP contribution >= 0.6 is 0 Å². The minimum absolute atomic E-state index is 0.166. The van der Waals surface area contributed by atoms with Gasteiger partial charge in [-0.25, -0.2) is 4.79 Å². The Kier molecular flexibility index (Phi) is 7.11. The van der Waals surface area contributed by atoms with E-state index in [9.17, 15) is 9.90 Å². The van der Waals surface area contributed by atoms with Crippen LogP contribution in [0.4, 0.5) is 10.5 Å². The number of carbonyl (C=O) groups is 1. The van der Waals surface area contributed by atoms with Crippen LogP contribution < -0.4 is 5.32 Å². The van der Waals surface area contributed by atoms with Crippen LogP contribution in [0.2, 0.25) is 0 Å². The van der Waals surface area contributed by atoms with Gasteiger partial charge in [0.15, 0.2) is 0 Å². The minimum atomic E-state index is -1.47.